The largest absolute Gasteiger partial charge is 0.509 e. The number of likely N-dealkylation sites (tertiary alicyclic amines) is 1. The number of amides is 1. The van der Waals surface area contributed by atoms with E-state index in [1.165, 1.54) is 4.90 Å². The van der Waals surface area contributed by atoms with Crippen molar-refractivity contribution < 1.29 is 23.9 Å². The maximum Gasteiger partial charge on any atom is 0.509 e. The first-order chi connectivity index (χ1) is 9.61. The van der Waals surface area contributed by atoms with Crippen molar-refractivity contribution in [3.63, 3.8) is 0 Å². The lowest BCUT2D eigenvalue weighted by molar-refractivity contribution is -0.142. The first-order valence-corrected chi connectivity index (χ1v) is 6.17. The summed E-state index contributed by atoms with van der Waals surface area (Å²) in [5.41, 5.74) is 0.845. The Morgan fingerprint density at radius 2 is 2.10 bits per heavy atom. The van der Waals surface area contributed by atoms with Gasteiger partial charge < -0.3 is 14.4 Å². The molecule has 1 atom stereocenters. The molecule has 0 saturated carbocycles. The molecule has 1 aliphatic heterocycles. The maximum atomic E-state index is 11.8. The molecule has 0 aliphatic carbocycles. The minimum Gasteiger partial charge on any atom is -0.435 e. The Balaban J connectivity index is 1.98. The van der Waals surface area contributed by atoms with Crippen molar-refractivity contribution in [1.82, 2.24) is 9.88 Å². The van der Waals surface area contributed by atoms with Crippen molar-refractivity contribution in [2.75, 3.05) is 13.2 Å². The molecule has 1 aromatic rings. The zero-order valence-electron chi connectivity index (χ0n) is 10.9. The van der Waals surface area contributed by atoms with Gasteiger partial charge in [-0.1, -0.05) is 0 Å². The predicted molar refractivity (Wildman–Crippen MR) is 66.6 cm³/mol. The van der Waals surface area contributed by atoms with Gasteiger partial charge in [-0.2, -0.15) is 0 Å². The maximum absolute atomic E-state index is 11.8. The quantitative estimate of drug-likeness (QED) is 0.590. The normalized spacial score (nSPS) is 18.2. The van der Waals surface area contributed by atoms with Crippen LogP contribution in [-0.2, 0) is 25.6 Å². The van der Waals surface area contributed by atoms with Gasteiger partial charge in [0.25, 0.3) is 11.7 Å². The van der Waals surface area contributed by atoms with Crippen LogP contribution in [0, 0.1) is 0 Å². The van der Waals surface area contributed by atoms with E-state index in [1.54, 1.807) is 31.5 Å². The minimum absolute atomic E-state index is 0.0405. The summed E-state index contributed by atoms with van der Waals surface area (Å²) in [4.78, 5) is 39.9. The number of nitrogens with zero attached hydrogens (tertiary/aromatic N) is 2. The van der Waals surface area contributed by atoms with Gasteiger partial charge in [0.05, 0.1) is 13.2 Å². The van der Waals surface area contributed by atoms with E-state index in [1.807, 2.05) is 0 Å². The Bertz CT molecular complexity index is 517. The second kappa shape index (κ2) is 6.14. The van der Waals surface area contributed by atoms with E-state index in [9.17, 15) is 14.4 Å². The molecule has 7 heteroatoms. The van der Waals surface area contributed by atoms with Crippen molar-refractivity contribution in [3.8, 4) is 0 Å². The van der Waals surface area contributed by atoms with Crippen LogP contribution in [0.3, 0.4) is 0 Å². The first kappa shape index (κ1) is 14.0. The minimum atomic E-state index is -1.09. The van der Waals surface area contributed by atoms with Gasteiger partial charge in [0.15, 0.2) is 6.10 Å². The molecule has 1 aliphatic rings. The van der Waals surface area contributed by atoms with Crippen molar-refractivity contribution in [2.45, 2.75) is 19.6 Å². The fraction of sp³-hybridized carbons (Fsp3) is 0.385. The third kappa shape index (κ3) is 3.11. The summed E-state index contributed by atoms with van der Waals surface area (Å²) >= 11 is 0. The lowest BCUT2D eigenvalue weighted by Crippen LogP contribution is -2.27. The molecule has 1 fully saturated rings. The molecule has 20 heavy (non-hydrogen) atoms. The van der Waals surface area contributed by atoms with Gasteiger partial charge in [0, 0.05) is 18.9 Å². The summed E-state index contributed by atoms with van der Waals surface area (Å²) in [6.45, 7) is 2.08. The van der Waals surface area contributed by atoms with Crippen LogP contribution in [0.15, 0.2) is 24.5 Å². The summed E-state index contributed by atoms with van der Waals surface area (Å²) in [5.74, 6) is -1.39. The molecule has 1 saturated heterocycles. The standard InChI is InChI=1S/C13H14N2O5/c1-2-19-13(18)20-10-8-15(12(17)11(10)16)7-9-3-5-14-6-4-9/h3-6,10H,2,7-8H2,1H3. The third-order valence-electron chi connectivity index (χ3n) is 2.80. The molecule has 1 amide bonds. The number of rotatable bonds is 4. The third-order valence-corrected chi connectivity index (χ3v) is 2.80. The fourth-order valence-electron chi connectivity index (χ4n) is 1.86. The van der Waals surface area contributed by atoms with Gasteiger partial charge in [-0.05, 0) is 24.6 Å². The van der Waals surface area contributed by atoms with Crippen LogP contribution < -0.4 is 0 Å². The molecule has 0 spiro atoms. The van der Waals surface area contributed by atoms with Crippen LogP contribution in [0.4, 0.5) is 4.79 Å². The number of carbonyl (C=O) groups is 3. The van der Waals surface area contributed by atoms with Crippen LogP contribution in [0.5, 0.6) is 0 Å². The van der Waals surface area contributed by atoms with Crippen molar-refractivity contribution >= 4 is 17.8 Å². The Morgan fingerprint density at radius 3 is 2.75 bits per heavy atom. The predicted octanol–water partition coefficient (Wildman–Crippen LogP) is 0.535. The van der Waals surface area contributed by atoms with Crippen molar-refractivity contribution in [1.29, 1.82) is 0 Å². The van der Waals surface area contributed by atoms with E-state index in [2.05, 4.69) is 9.72 Å². The topological polar surface area (TPSA) is 85.8 Å². The van der Waals surface area contributed by atoms with Crippen molar-refractivity contribution in [2.24, 2.45) is 0 Å². The van der Waals surface area contributed by atoms with E-state index in [-0.39, 0.29) is 19.7 Å². The van der Waals surface area contributed by atoms with Gasteiger partial charge >= 0.3 is 6.16 Å². The number of aromatic nitrogens is 1. The van der Waals surface area contributed by atoms with Gasteiger partial charge in [0.1, 0.15) is 0 Å². The van der Waals surface area contributed by atoms with Crippen molar-refractivity contribution in [3.05, 3.63) is 30.1 Å². The highest BCUT2D eigenvalue weighted by atomic mass is 16.7. The number of pyridine rings is 1. The number of Topliss-reactive ketones (excluding diaryl/α,β-unsaturated/α-hetero) is 1. The lowest BCUT2D eigenvalue weighted by atomic mass is 10.2. The van der Waals surface area contributed by atoms with E-state index >= 15 is 0 Å². The van der Waals surface area contributed by atoms with Crippen LogP contribution in [0.25, 0.3) is 0 Å². The molecule has 0 radical (unpaired) electrons. The molecular weight excluding hydrogens is 264 g/mol. The highest BCUT2D eigenvalue weighted by Crippen LogP contribution is 2.15. The first-order valence-electron chi connectivity index (χ1n) is 6.17. The fourth-order valence-corrected chi connectivity index (χ4v) is 1.86. The SMILES string of the molecule is CCOC(=O)OC1CN(Cc2ccncc2)C(=O)C1=O. The second-order valence-corrected chi connectivity index (χ2v) is 4.19. The van der Waals surface area contributed by atoms with E-state index in [0.29, 0.717) is 0 Å². The second-order valence-electron chi connectivity index (χ2n) is 4.19. The summed E-state index contributed by atoms with van der Waals surface area (Å²) in [5, 5.41) is 0. The summed E-state index contributed by atoms with van der Waals surface area (Å²) in [6, 6.07) is 3.49. The molecule has 2 rings (SSSR count). The average Bonchev–Trinajstić information content (AvgIpc) is 2.69. The number of hydrogen-bond acceptors (Lipinski definition) is 6. The molecule has 0 N–H and O–H groups in total. The zero-order chi connectivity index (χ0) is 14.5. The van der Waals surface area contributed by atoms with Gasteiger partial charge in [-0.25, -0.2) is 4.79 Å². The van der Waals surface area contributed by atoms with Gasteiger partial charge in [0.2, 0.25) is 0 Å². The Morgan fingerprint density at radius 1 is 1.40 bits per heavy atom. The Kier molecular flexibility index (Phi) is 4.29. The van der Waals surface area contributed by atoms with E-state index in [4.69, 9.17) is 4.74 Å². The van der Waals surface area contributed by atoms with E-state index < -0.39 is 23.9 Å². The smallest absolute Gasteiger partial charge is 0.435 e. The molecule has 0 bridgehead atoms. The monoisotopic (exact) mass is 278 g/mol. The zero-order valence-corrected chi connectivity index (χ0v) is 10.9. The highest BCUT2D eigenvalue weighted by Gasteiger charge is 2.41. The number of hydrogen-bond donors (Lipinski definition) is 0. The lowest BCUT2D eigenvalue weighted by Gasteiger charge is -2.15. The molecule has 106 valence electrons. The number of ketones is 1. The summed E-state index contributed by atoms with van der Waals surface area (Å²) in [7, 11) is 0. The molecule has 1 aromatic heterocycles. The Labute approximate surface area is 115 Å². The molecular formula is C13H14N2O5. The van der Waals surface area contributed by atoms with Gasteiger partial charge in [-0.3, -0.25) is 14.6 Å². The van der Waals surface area contributed by atoms with Crippen LogP contribution in [-0.4, -0.2) is 47.0 Å². The average molecular weight is 278 g/mol. The molecule has 0 aromatic carbocycles. The highest BCUT2D eigenvalue weighted by molar-refractivity contribution is 6.39. The number of ether oxygens (including phenoxy) is 2. The molecule has 7 nitrogen and oxygen atoms in total. The van der Waals surface area contributed by atoms with Crippen LogP contribution in [0.1, 0.15) is 12.5 Å². The molecule has 2 heterocycles. The number of carbonyl (C=O) groups excluding carboxylic acids is 3. The Hall–Kier alpha value is -2.44. The van der Waals surface area contributed by atoms with Gasteiger partial charge in [-0.15, -0.1) is 0 Å². The van der Waals surface area contributed by atoms with Crippen LogP contribution >= 0.6 is 0 Å². The molecule has 1 unspecified atom stereocenters. The summed E-state index contributed by atoms with van der Waals surface area (Å²) < 4.78 is 9.41. The van der Waals surface area contributed by atoms with E-state index in [0.717, 1.165) is 5.56 Å². The summed E-state index contributed by atoms with van der Waals surface area (Å²) in [6.07, 6.45) is 1.17. The van der Waals surface area contributed by atoms with Crippen LogP contribution in [0.2, 0.25) is 0 Å².